The molecule has 3 fully saturated rings. The van der Waals surface area contributed by atoms with Crippen molar-refractivity contribution in [3.8, 4) is 5.75 Å². The highest BCUT2D eigenvalue weighted by molar-refractivity contribution is 9.09. The molecule has 12 nitrogen and oxygen atoms in total. The number of aromatic nitrogens is 3. The lowest BCUT2D eigenvalue weighted by Gasteiger charge is -2.37. The Morgan fingerprint density at radius 2 is 1.82 bits per heavy atom. The Bertz CT molecular complexity index is 1720. The lowest BCUT2D eigenvalue weighted by molar-refractivity contribution is -0.149. The van der Waals surface area contributed by atoms with Gasteiger partial charge in [0, 0.05) is 36.8 Å². The molecule has 50 heavy (non-hydrogen) atoms. The third-order valence-corrected chi connectivity index (χ3v) is 10.9. The summed E-state index contributed by atoms with van der Waals surface area (Å²) in [6, 6.07) is 13.8. The average Bonchev–Trinajstić information content (AvgIpc) is 3.84. The van der Waals surface area contributed by atoms with E-state index in [9.17, 15) is 19.5 Å². The van der Waals surface area contributed by atoms with Crippen LogP contribution >= 0.6 is 15.9 Å². The van der Waals surface area contributed by atoms with Gasteiger partial charge in [-0.25, -0.2) is 4.68 Å². The SMILES string of the molecule is C=CCN(Cn1nnc2ccccc21)C(=O)C1N(CCCCCCO)C(=O)[C@@H]2[C@H](C(=O)N(CC=C)c3ccc(OCC)cc3)[C@H]3OC12CC3Br. The van der Waals surface area contributed by atoms with E-state index in [0.29, 0.717) is 49.4 Å². The fraction of sp³-hybridized carbons (Fsp3) is 0.486. The number of anilines is 1. The first-order valence-electron chi connectivity index (χ1n) is 17.4. The van der Waals surface area contributed by atoms with Gasteiger partial charge in [-0.1, -0.05) is 58.3 Å². The largest absolute Gasteiger partial charge is 0.494 e. The van der Waals surface area contributed by atoms with E-state index in [0.717, 1.165) is 18.4 Å². The van der Waals surface area contributed by atoms with Crippen molar-refractivity contribution < 1.29 is 29.0 Å². The Kier molecular flexibility index (Phi) is 11.0. The zero-order valence-electron chi connectivity index (χ0n) is 28.4. The maximum Gasteiger partial charge on any atom is 0.250 e. The number of ether oxygens (including phenoxy) is 2. The maximum atomic E-state index is 14.9. The molecule has 4 heterocycles. The van der Waals surface area contributed by atoms with Crippen LogP contribution in [0.15, 0.2) is 73.8 Å². The predicted molar refractivity (Wildman–Crippen MR) is 193 cm³/mol. The molecule has 0 radical (unpaired) electrons. The number of hydrogen-bond acceptors (Lipinski definition) is 8. The van der Waals surface area contributed by atoms with Crippen molar-refractivity contribution in [2.75, 3.05) is 37.7 Å². The summed E-state index contributed by atoms with van der Waals surface area (Å²) in [5, 5.41) is 17.9. The second-order valence-electron chi connectivity index (χ2n) is 13.1. The Balaban J connectivity index is 1.36. The minimum atomic E-state index is -1.22. The summed E-state index contributed by atoms with van der Waals surface area (Å²) in [6.07, 6.45) is 5.98. The van der Waals surface area contributed by atoms with Gasteiger partial charge in [0.25, 0.3) is 0 Å². The third-order valence-electron chi connectivity index (χ3n) is 10.0. The maximum absolute atomic E-state index is 14.9. The average molecular weight is 750 g/mol. The van der Waals surface area contributed by atoms with Crippen LogP contribution in [0.3, 0.4) is 0 Å². The molecule has 3 aromatic rings. The van der Waals surface area contributed by atoms with Gasteiger partial charge in [-0.05, 0) is 62.6 Å². The number of unbranched alkanes of at least 4 members (excludes halogenated alkanes) is 3. The Hall–Kier alpha value is -4.07. The quantitative estimate of drug-likeness (QED) is 0.123. The van der Waals surface area contributed by atoms with Crippen LogP contribution in [-0.2, 0) is 25.8 Å². The summed E-state index contributed by atoms with van der Waals surface area (Å²) < 4.78 is 14.1. The molecule has 0 aliphatic carbocycles. The number of fused-ring (bicyclic) bond motifs is 2. The van der Waals surface area contributed by atoms with Crippen LogP contribution in [0.25, 0.3) is 11.0 Å². The zero-order chi connectivity index (χ0) is 35.4. The Morgan fingerprint density at radius 1 is 1.08 bits per heavy atom. The second-order valence-corrected chi connectivity index (χ2v) is 14.2. The van der Waals surface area contributed by atoms with Gasteiger partial charge in [0.15, 0.2) is 0 Å². The van der Waals surface area contributed by atoms with E-state index in [1.54, 1.807) is 31.5 Å². The van der Waals surface area contributed by atoms with Gasteiger partial charge in [0.2, 0.25) is 17.7 Å². The van der Waals surface area contributed by atoms with Crippen LogP contribution < -0.4 is 9.64 Å². The Labute approximate surface area is 300 Å². The molecule has 3 unspecified atom stereocenters. The van der Waals surface area contributed by atoms with Crippen LogP contribution in [0.2, 0.25) is 0 Å². The van der Waals surface area contributed by atoms with Gasteiger partial charge in [-0.15, -0.1) is 18.3 Å². The highest BCUT2D eigenvalue weighted by Gasteiger charge is 2.76. The van der Waals surface area contributed by atoms with Gasteiger partial charge < -0.3 is 29.3 Å². The summed E-state index contributed by atoms with van der Waals surface area (Å²) in [5.74, 6) is -1.78. The molecule has 6 atom stereocenters. The van der Waals surface area contributed by atoms with Crippen molar-refractivity contribution in [3.05, 3.63) is 73.8 Å². The number of benzene rings is 2. The number of likely N-dealkylation sites (tertiary alicyclic amines) is 1. The molecule has 2 bridgehead atoms. The summed E-state index contributed by atoms with van der Waals surface area (Å²) in [6.45, 7) is 11.2. The first-order valence-corrected chi connectivity index (χ1v) is 18.3. The van der Waals surface area contributed by atoms with Crippen LogP contribution in [0.5, 0.6) is 5.75 Å². The monoisotopic (exact) mass is 748 g/mol. The first-order chi connectivity index (χ1) is 24.3. The van der Waals surface area contributed by atoms with Crippen molar-refractivity contribution in [3.63, 3.8) is 0 Å². The fourth-order valence-electron chi connectivity index (χ4n) is 7.93. The van der Waals surface area contributed by atoms with E-state index in [1.165, 1.54) is 0 Å². The molecular weight excluding hydrogens is 704 g/mol. The van der Waals surface area contributed by atoms with E-state index in [2.05, 4.69) is 39.4 Å². The number of para-hydroxylation sites is 1. The minimum Gasteiger partial charge on any atom is -0.494 e. The van der Waals surface area contributed by atoms with Crippen molar-refractivity contribution in [2.24, 2.45) is 11.8 Å². The van der Waals surface area contributed by atoms with Crippen molar-refractivity contribution in [1.29, 1.82) is 0 Å². The molecule has 3 saturated heterocycles. The normalized spacial score (nSPS) is 25.1. The molecule has 6 rings (SSSR count). The van der Waals surface area contributed by atoms with Gasteiger partial charge >= 0.3 is 0 Å². The molecule has 3 aliphatic heterocycles. The number of alkyl halides is 1. The number of aliphatic hydroxyl groups is 1. The van der Waals surface area contributed by atoms with Gasteiger partial charge in [0.1, 0.15) is 29.6 Å². The zero-order valence-corrected chi connectivity index (χ0v) is 30.0. The van der Waals surface area contributed by atoms with Crippen LogP contribution in [-0.4, -0.2) is 103 Å². The van der Waals surface area contributed by atoms with E-state index in [4.69, 9.17) is 9.47 Å². The number of carbonyl (C=O) groups is 3. The molecule has 13 heteroatoms. The standard InChI is InChI=1S/C37H45BrN6O6/c1-4-19-41(24-44-29-14-10-9-13-28(29)39-40-44)36(48)33-37-23-27(38)32(50-37)30(31(37)35(47)43(33)21-11-7-8-12-22-45)34(46)42(20-5-2)25-15-17-26(18-16-25)49-6-3/h4-5,9-10,13-18,27,30-33,45H,1-2,6-8,11-12,19-24H2,3H3/t27?,30-,31-,32-,33?,37?/m0/s1. The Morgan fingerprint density at radius 3 is 2.54 bits per heavy atom. The highest BCUT2D eigenvalue weighted by atomic mass is 79.9. The third kappa shape index (κ3) is 6.46. The molecule has 1 N–H and O–H groups in total. The summed E-state index contributed by atoms with van der Waals surface area (Å²) in [7, 11) is 0. The number of amides is 3. The van der Waals surface area contributed by atoms with Gasteiger partial charge in [-0.2, -0.15) is 0 Å². The van der Waals surface area contributed by atoms with Crippen molar-refractivity contribution in [2.45, 2.75) is 68.3 Å². The smallest absolute Gasteiger partial charge is 0.250 e. The summed E-state index contributed by atoms with van der Waals surface area (Å²) in [4.78, 5) is 48.9. The van der Waals surface area contributed by atoms with Crippen LogP contribution in [0.4, 0.5) is 5.69 Å². The lowest BCUT2D eigenvalue weighted by atomic mass is 9.70. The van der Waals surface area contributed by atoms with Gasteiger partial charge in [-0.3, -0.25) is 14.4 Å². The molecule has 1 spiro atoms. The topological polar surface area (TPSA) is 130 Å². The van der Waals surface area contributed by atoms with Gasteiger partial charge in [0.05, 0.1) is 30.1 Å². The molecule has 2 aromatic carbocycles. The number of carbonyl (C=O) groups excluding carboxylic acids is 3. The number of hydrogen-bond donors (Lipinski definition) is 1. The highest BCUT2D eigenvalue weighted by Crippen LogP contribution is 2.60. The molecule has 3 amide bonds. The predicted octanol–water partition coefficient (Wildman–Crippen LogP) is 4.32. The summed E-state index contributed by atoms with van der Waals surface area (Å²) >= 11 is 3.80. The molecule has 0 saturated carbocycles. The number of rotatable bonds is 17. The first kappa shape index (κ1) is 35.7. The number of nitrogens with zero attached hydrogens (tertiary/aromatic N) is 6. The lowest BCUT2D eigenvalue weighted by Crippen LogP contribution is -2.57. The minimum absolute atomic E-state index is 0.0928. The molecular formula is C37H45BrN6O6. The number of aliphatic hydroxyl groups excluding tert-OH is 1. The summed E-state index contributed by atoms with van der Waals surface area (Å²) in [5.41, 5.74) is 0.906. The van der Waals surface area contributed by atoms with Crippen molar-refractivity contribution in [1.82, 2.24) is 24.8 Å². The number of halogens is 1. The van der Waals surface area contributed by atoms with E-state index < -0.39 is 29.6 Å². The van der Waals surface area contributed by atoms with Crippen molar-refractivity contribution >= 4 is 50.4 Å². The molecule has 266 valence electrons. The van der Waals surface area contributed by atoms with Crippen LogP contribution in [0, 0.1) is 11.8 Å². The van der Waals surface area contributed by atoms with Crippen LogP contribution in [0.1, 0.15) is 39.0 Å². The van der Waals surface area contributed by atoms with E-state index in [1.807, 2.05) is 55.5 Å². The van der Waals surface area contributed by atoms with E-state index >= 15 is 0 Å². The molecule has 3 aliphatic rings. The fourth-order valence-corrected chi connectivity index (χ4v) is 8.87. The van der Waals surface area contributed by atoms with E-state index in [-0.39, 0.29) is 48.9 Å². The molecule has 1 aromatic heterocycles. The second kappa shape index (κ2) is 15.4.